The van der Waals surface area contributed by atoms with Crippen LogP contribution < -0.4 is 11.4 Å². The molecule has 0 unspecified atom stereocenters. The lowest BCUT2D eigenvalue weighted by atomic mass is 10.1. The van der Waals surface area contributed by atoms with E-state index in [-0.39, 0.29) is 46.5 Å². The molecule has 3 aromatic rings. The number of nitrogen functional groups attached to an aromatic ring is 1. The molecule has 0 spiro atoms. The molecule has 0 saturated heterocycles. The van der Waals surface area contributed by atoms with Gasteiger partial charge in [0, 0.05) is 12.1 Å². The van der Waals surface area contributed by atoms with Gasteiger partial charge in [0.1, 0.15) is 29.1 Å². The molecule has 0 aliphatic rings. The highest BCUT2D eigenvalue weighted by Gasteiger charge is 2.24. The van der Waals surface area contributed by atoms with Gasteiger partial charge < -0.3 is 15.2 Å². The summed E-state index contributed by atoms with van der Waals surface area (Å²) in [7, 11) is 0. The van der Waals surface area contributed by atoms with Gasteiger partial charge in [-0.25, -0.2) is 9.59 Å². The number of imidazole rings is 1. The number of hydrogen-bond acceptors (Lipinski definition) is 8. The fourth-order valence-corrected chi connectivity index (χ4v) is 4.22. The van der Waals surface area contributed by atoms with E-state index in [4.69, 9.17) is 15.2 Å². The Morgan fingerprint density at radius 1 is 1.16 bits per heavy atom. The maximum Gasteiger partial charge on any atom is 0.348 e. The van der Waals surface area contributed by atoms with E-state index in [1.54, 1.807) is 23.6 Å². The number of anilines is 1. The number of hydrogen-bond donors (Lipinski definition) is 1. The van der Waals surface area contributed by atoms with Crippen molar-refractivity contribution in [1.29, 1.82) is 5.26 Å². The van der Waals surface area contributed by atoms with E-state index in [1.165, 1.54) is 4.57 Å². The molecule has 162 valence electrons. The Bertz CT molecular complexity index is 1230. The van der Waals surface area contributed by atoms with Gasteiger partial charge in [0.15, 0.2) is 0 Å². The Kier molecular flexibility index (Phi) is 6.77. The molecular formula is C21H22N4O5S. The first-order chi connectivity index (χ1) is 14.9. The second-order valence-electron chi connectivity index (χ2n) is 6.65. The van der Waals surface area contributed by atoms with E-state index >= 15 is 0 Å². The van der Waals surface area contributed by atoms with E-state index < -0.39 is 11.9 Å². The van der Waals surface area contributed by atoms with Crippen molar-refractivity contribution in [3.8, 4) is 6.07 Å². The summed E-state index contributed by atoms with van der Waals surface area (Å²) >= 11 is 0.913. The van der Waals surface area contributed by atoms with Crippen LogP contribution in [-0.2, 0) is 34.0 Å². The van der Waals surface area contributed by atoms with Crippen LogP contribution in [-0.4, -0.2) is 27.7 Å². The first-order valence-electron chi connectivity index (χ1n) is 9.74. The van der Waals surface area contributed by atoms with Gasteiger partial charge in [0.05, 0.1) is 23.2 Å². The molecule has 1 aromatic carbocycles. The van der Waals surface area contributed by atoms with Gasteiger partial charge in [-0.2, -0.15) is 5.26 Å². The minimum atomic E-state index is -0.676. The maximum atomic E-state index is 12.8. The topological polar surface area (TPSA) is 129 Å². The summed E-state index contributed by atoms with van der Waals surface area (Å²) < 4.78 is 13.3. The van der Waals surface area contributed by atoms with Crippen LogP contribution in [0.3, 0.4) is 0 Å². The maximum absolute atomic E-state index is 12.8. The van der Waals surface area contributed by atoms with Crippen molar-refractivity contribution in [2.45, 2.75) is 40.0 Å². The summed E-state index contributed by atoms with van der Waals surface area (Å²) in [5.41, 5.74) is 7.18. The molecular weight excluding hydrogens is 420 g/mol. The first-order valence-corrected chi connectivity index (χ1v) is 10.6. The van der Waals surface area contributed by atoms with Crippen molar-refractivity contribution in [1.82, 2.24) is 9.13 Å². The van der Waals surface area contributed by atoms with Crippen molar-refractivity contribution in [2.75, 3.05) is 12.3 Å². The molecule has 0 aliphatic carbocycles. The third kappa shape index (κ3) is 4.32. The molecule has 0 fully saturated rings. The lowest BCUT2D eigenvalue weighted by Crippen LogP contribution is -2.27. The number of aryl methyl sites for hydroxylation is 1. The fourth-order valence-electron chi connectivity index (χ4n) is 3.30. The lowest BCUT2D eigenvalue weighted by molar-refractivity contribution is -0.145. The largest absolute Gasteiger partial charge is 0.462 e. The van der Waals surface area contributed by atoms with Gasteiger partial charge in [-0.05, 0) is 25.5 Å². The molecule has 9 nitrogen and oxygen atoms in total. The van der Waals surface area contributed by atoms with Gasteiger partial charge >= 0.3 is 17.6 Å². The molecule has 31 heavy (non-hydrogen) atoms. The normalized spacial score (nSPS) is 10.7. The van der Waals surface area contributed by atoms with Crippen LogP contribution >= 0.6 is 11.3 Å². The Hall–Kier alpha value is -3.58. The van der Waals surface area contributed by atoms with E-state index in [2.05, 4.69) is 0 Å². The van der Waals surface area contributed by atoms with Crippen LogP contribution in [0, 0.1) is 11.3 Å². The molecule has 0 radical (unpaired) electrons. The van der Waals surface area contributed by atoms with Gasteiger partial charge in [-0.15, -0.1) is 11.3 Å². The van der Waals surface area contributed by atoms with Crippen molar-refractivity contribution in [2.24, 2.45) is 0 Å². The number of nitriles is 1. The van der Waals surface area contributed by atoms with Crippen LogP contribution in [0.25, 0.3) is 11.0 Å². The first kappa shape index (κ1) is 22.1. The third-order valence-corrected chi connectivity index (χ3v) is 5.69. The molecule has 3 rings (SSSR count). The van der Waals surface area contributed by atoms with Crippen LogP contribution in [0.2, 0.25) is 0 Å². The minimum absolute atomic E-state index is 0.0811. The number of para-hydroxylation sites is 2. The van der Waals surface area contributed by atoms with E-state index in [1.807, 2.05) is 25.1 Å². The van der Waals surface area contributed by atoms with Crippen molar-refractivity contribution in [3.05, 3.63) is 50.8 Å². The fraction of sp³-hybridized carbons (Fsp3) is 0.333. The quantitative estimate of drug-likeness (QED) is 0.531. The number of nitrogens with zero attached hydrogens (tertiary/aromatic N) is 3. The summed E-state index contributed by atoms with van der Waals surface area (Å²) in [5.74, 6) is -1.31. The predicted octanol–water partition coefficient (Wildman–Crippen LogP) is 2.65. The summed E-state index contributed by atoms with van der Waals surface area (Å²) in [4.78, 5) is 37.6. The summed E-state index contributed by atoms with van der Waals surface area (Å²) in [6.07, 6.45) is 0.769. The van der Waals surface area contributed by atoms with Gasteiger partial charge in [-0.1, -0.05) is 19.1 Å². The highest BCUT2D eigenvalue weighted by Crippen LogP contribution is 2.31. The molecule has 0 aliphatic heterocycles. The predicted molar refractivity (Wildman–Crippen MR) is 116 cm³/mol. The number of benzene rings is 1. The summed E-state index contributed by atoms with van der Waals surface area (Å²) in [6.45, 7) is 3.69. The summed E-state index contributed by atoms with van der Waals surface area (Å²) in [6, 6.07) is 9.15. The third-order valence-electron chi connectivity index (χ3n) is 4.64. The standard InChI is InChI=1S/C21H22N4O5S/c1-3-9-24-15-7-5-6-8-16(15)25(21(24)28)11-17(26)30-12-14-13(10-22)19(23)31-18(14)20(27)29-4-2/h5-8H,3-4,9,11-12,23H2,1-2H3. The highest BCUT2D eigenvalue weighted by molar-refractivity contribution is 7.18. The van der Waals surface area contributed by atoms with E-state index in [0.29, 0.717) is 12.1 Å². The second-order valence-corrected chi connectivity index (χ2v) is 7.70. The molecule has 2 heterocycles. The molecule has 10 heteroatoms. The minimum Gasteiger partial charge on any atom is -0.462 e. The average molecular weight is 442 g/mol. The number of ether oxygens (including phenoxy) is 2. The number of carbonyl (C=O) groups is 2. The Labute approximate surface area is 182 Å². The van der Waals surface area contributed by atoms with E-state index in [0.717, 1.165) is 23.3 Å². The number of nitrogens with two attached hydrogens (primary N) is 1. The summed E-state index contributed by atoms with van der Waals surface area (Å²) in [5, 5.41) is 9.52. The molecule has 0 bridgehead atoms. The monoisotopic (exact) mass is 442 g/mol. The van der Waals surface area contributed by atoms with Gasteiger partial charge in [0.25, 0.3) is 0 Å². The smallest absolute Gasteiger partial charge is 0.348 e. The Morgan fingerprint density at radius 3 is 2.45 bits per heavy atom. The average Bonchev–Trinajstić information content (AvgIpc) is 3.21. The molecule has 0 atom stereocenters. The van der Waals surface area contributed by atoms with Crippen LogP contribution in [0.15, 0.2) is 29.1 Å². The second kappa shape index (κ2) is 9.49. The number of carbonyl (C=O) groups excluding carboxylic acids is 2. The van der Waals surface area contributed by atoms with Crippen LogP contribution in [0.1, 0.15) is 41.1 Å². The van der Waals surface area contributed by atoms with E-state index in [9.17, 15) is 19.6 Å². The Balaban J connectivity index is 1.84. The zero-order valence-corrected chi connectivity index (χ0v) is 18.0. The molecule has 2 aromatic heterocycles. The van der Waals surface area contributed by atoms with Crippen LogP contribution in [0.5, 0.6) is 0 Å². The zero-order valence-electron chi connectivity index (χ0n) is 17.2. The highest BCUT2D eigenvalue weighted by atomic mass is 32.1. The number of aromatic nitrogens is 2. The molecule has 0 amide bonds. The lowest BCUT2D eigenvalue weighted by Gasteiger charge is -2.07. The number of esters is 2. The Morgan fingerprint density at radius 2 is 1.84 bits per heavy atom. The number of thiophene rings is 1. The zero-order chi connectivity index (χ0) is 22.5. The van der Waals surface area contributed by atoms with Crippen LogP contribution in [0.4, 0.5) is 5.00 Å². The van der Waals surface area contributed by atoms with Crippen molar-refractivity contribution in [3.63, 3.8) is 0 Å². The van der Waals surface area contributed by atoms with Crippen molar-refractivity contribution >= 4 is 39.3 Å². The van der Waals surface area contributed by atoms with Gasteiger partial charge in [0.2, 0.25) is 0 Å². The number of fused-ring (bicyclic) bond motifs is 1. The SMILES string of the molecule is CCCn1c(=O)n(CC(=O)OCc2c(C(=O)OCC)sc(N)c2C#N)c2ccccc21. The van der Waals surface area contributed by atoms with Crippen molar-refractivity contribution < 1.29 is 19.1 Å². The molecule has 0 saturated carbocycles. The van der Waals surface area contributed by atoms with Gasteiger partial charge in [-0.3, -0.25) is 13.9 Å². The number of rotatable bonds is 8. The molecule has 2 N–H and O–H groups in total.